The van der Waals surface area contributed by atoms with Crippen LogP contribution in [-0.2, 0) is 20.8 Å². The number of piperidine rings is 1. The summed E-state index contributed by atoms with van der Waals surface area (Å²) < 4.78 is 28.9. The molecule has 0 aliphatic carbocycles. The molecule has 1 atom stereocenters. The van der Waals surface area contributed by atoms with Crippen LogP contribution < -0.4 is 24.4 Å². The van der Waals surface area contributed by atoms with E-state index >= 15 is 4.79 Å². The standard InChI is InChI=1S/C39H52N2O7/c1-6-8-12-21-46-22-23-48-32-25-35(44-4)34(36(26-32)45-5)27-41(31-16-15-28(3)33(24-31)39(43)47-7-2)38(42)37(29-13-10-9-11-14-29)30-17-19-40-20-18-30/h9-11,13-16,24-26,30,37,40H,6-8,12,17-23,27H2,1-5H3. The first-order valence-corrected chi connectivity index (χ1v) is 17.2. The highest BCUT2D eigenvalue weighted by atomic mass is 16.5. The number of esters is 1. The molecule has 1 heterocycles. The number of carbonyl (C=O) groups excluding carboxylic acids is 2. The summed E-state index contributed by atoms with van der Waals surface area (Å²) >= 11 is 0. The fourth-order valence-corrected chi connectivity index (χ4v) is 6.26. The third kappa shape index (κ3) is 9.73. The van der Waals surface area contributed by atoms with E-state index in [9.17, 15) is 4.79 Å². The van der Waals surface area contributed by atoms with Crippen molar-refractivity contribution in [3.63, 3.8) is 0 Å². The van der Waals surface area contributed by atoms with Crippen LogP contribution in [0.4, 0.5) is 5.69 Å². The minimum atomic E-state index is -0.423. The fourth-order valence-electron chi connectivity index (χ4n) is 6.26. The number of methoxy groups -OCH3 is 2. The van der Waals surface area contributed by atoms with Gasteiger partial charge in [0, 0.05) is 24.4 Å². The number of nitrogens with one attached hydrogen (secondary N) is 1. The van der Waals surface area contributed by atoms with Crippen LogP contribution in [0.1, 0.15) is 78.9 Å². The molecule has 0 saturated carbocycles. The Labute approximate surface area is 285 Å². The van der Waals surface area contributed by atoms with Gasteiger partial charge in [-0.25, -0.2) is 4.79 Å². The van der Waals surface area contributed by atoms with Gasteiger partial charge >= 0.3 is 5.97 Å². The number of carbonyl (C=O) groups is 2. The van der Waals surface area contributed by atoms with E-state index in [-0.39, 0.29) is 25.0 Å². The zero-order chi connectivity index (χ0) is 34.3. The van der Waals surface area contributed by atoms with E-state index in [1.165, 1.54) is 0 Å². The predicted octanol–water partition coefficient (Wildman–Crippen LogP) is 7.09. The van der Waals surface area contributed by atoms with E-state index in [0.29, 0.717) is 53.9 Å². The number of benzene rings is 3. The van der Waals surface area contributed by atoms with Crippen molar-refractivity contribution < 1.29 is 33.3 Å². The summed E-state index contributed by atoms with van der Waals surface area (Å²) in [6.45, 7) is 9.50. The van der Waals surface area contributed by atoms with Gasteiger partial charge in [0.1, 0.15) is 23.9 Å². The van der Waals surface area contributed by atoms with E-state index < -0.39 is 11.9 Å². The molecule has 0 radical (unpaired) electrons. The number of ether oxygens (including phenoxy) is 5. The number of anilines is 1. The number of hydrogen-bond donors (Lipinski definition) is 1. The van der Waals surface area contributed by atoms with Gasteiger partial charge < -0.3 is 33.9 Å². The van der Waals surface area contributed by atoms with Gasteiger partial charge in [-0.15, -0.1) is 0 Å². The third-order valence-electron chi connectivity index (χ3n) is 8.86. The second kappa shape index (κ2) is 19.1. The molecule has 3 aromatic carbocycles. The SMILES string of the molecule is CCCCCOCCOc1cc(OC)c(CN(C(=O)C(c2ccccc2)C2CCNCC2)c2ccc(C)c(C(=O)OCC)c2)c(OC)c1. The second-order valence-corrected chi connectivity index (χ2v) is 12.1. The zero-order valence-corrected chi connectivity index (χ0v) is 29.2. The van der Waals surface area contributed by atoms with Gasteiger partial charge in [0.2, 0.25) is 5.91 Å². The molecule has 3 aromatic rings. The van der Waals surface area contributed by atoms with E-state index in [0.717, 1.165) is 56.3 Å². The van der Waals surface area contributed by atoms with Crippen molar-refractivity contribution in [2.75, 3.05) is 58.6 Å². The summed E-state index contributed by atoms with van der Waals surface area (Å²) in [6.07, 6.45) is 5.08. The van der Waals surface area contributed by atoms with Gasteiger partial charge in [-0.05, 0) is 75.4 Å². The predicted molar refractivity (Wildman–Crippen MR) is 188 cm³/mol. The summed E-state index contributed by atoms with van der Waals surface area (Å²) in [4.78, 5) is 29.8. The summed E-state index contributed by atoms with van der Waals surface area (Å²) in [6, 6.07) is 19.1. The molecule has 1 fully saturated rings. The van der Waals surface area contributed by atoms with Crippen molar-refractivity contribution >= 4 is 17.6 Å². The number of nitrogens with zero attached hydrogens (tertiary/aromatic N) is 1. The van der Waals surface area contributed by atoms with E-state index in [4.69, 9.17) is 23.7 Å². The van der Waals surface area contributed by atoms with Crippen LogP contribution in [0.5, 0.6) is 17.2 Å². The molecule has 0 bridgehead atoms. The van der Waals surface area contributed by atoms with Crippen molar-refractivity contribution in [1.82, 2.24) is 5.32 Å². The van der Waals surface area contributed by atoms with Crippen molar-refractivity contribution in [3.05, 3.63) is 82.9 Å². The van der Waals surface area contributed by atoms with Gasteiger partial charge in [0.25, 0.3) is 0 Å². The summed E-state index contributed by atoms with van der Waals surface area (Å²) in [5.74, 6) is 0.910. The molecule has 260 valence electrons. The Morgan fingerprint density at radius 1 is 0.896 bits per heavy atom. The molecule has 9 nitrogen and oxygen atoms in total. The van der Waals surface area contributed by atoms with Crippen LogP contribution >= 0.6 is 0 Å². The average Bonchev–Trinajstić information content (AvgIpc) is 3.11. The Balaban J connectivity index is 1.73. The highest BCUT2D eigenvalue weighted by Crippen LogP contribution is 2.39. The number of amides is 1. The maximum Gasteiger partial charge on any atom is 0.338 e. The molecule has 1 aliphatic heterocycles. The highest BCUT2D eigenvalue weighted by molar-refractivity contribution is 6.00. The molecule has 48 heavy (non-hydrogen) atoms. The molecule has 0 aromatic heterocycles. The molecule has 1 saturated heterocycles. The van der Waals surface area contributed by atoms with Crippen molar-refractivity contribution in [3.8, 4) is 17.2 Å². The number of rotatable bonds is 18. The Hall–Kier alpha value is -4.08. The highest BCUT2D eigenvalue weighted by Gasteiger charge is 2.35. The summed E-state index contributed by atoms with van der Waals surface area (Å²) in [5, 5.41) is 3.43. The topological polar surface area (TPSA) is 95.6 Å². The normalized spacial score (nSPS) is 13.9. The number of hydrogen-bond acceptors (Lipinski definition) is 8. The van der Waals surface area contributed by atoms with E-state index in [1.54, 1.807) is 32.1 Å². The van der Waals surface area contributed by atoms with Crippen LogP contribution in [0.2, 0.25) is 0 Å². The van der Waals surface area contributed by atoms with Gasteiger partial charge in [-0.1, -0.05) is 56.2 Å². The number of aryl methyl sites for hydroxylation is 1. The smallest absolute Gasteiger partial charge is 0.338 e. The molecular weight excluding hydrogens is 608 g/mol. The largest absolute Gasteiger partial charge is 0.496 e. The Bertz CT molecular complexity index is 1430. The number of unbranched alkanes of at least 4 members (excludes halogenated alkanes) is 2. The van der Waals surface area contributed by atoms with Gasteiger partial charge in [-0.2, -0.15) is 0 Å². The molecular formula is C39H52N2O7. The monoisotopic (exact) mass is 660 g/mol. The van der Waals surface area contributed by atoms with Crippen LogP contribution in [0.25, 0.3) is 0 Å². The molecule has 1 N–H and O–H groups in total. The molecule has 9 heteroatoms. The van der Waals surface area contributed by atoms with Crippen molar-refractivity contribution in [2.24, 2.45) is 5.92 Å². The van der Waals surface area contributed by atoms with E-state index in [1.807, 2.05) is 61.5 Å². The van der Waals surface area contributed by atoms with Gasteiger partial charge in [0.15, 0.2) is 0 Å². The minimum Gasteiger partial charge on any atom is -0.496 e. The average molecular weight is 661 g/mol. The lowest BCUT2D eigenvalue weighted by atomic mass is 9.79. The van der Waals surface area contributed by atoms with Crippen LogP contribution in [0.3, 0.4) is 0 Å². The fraction of sp³-hybridized carbons (Fsp3) is 0.487. The first-order valence-electron chi connectivity index (χ1n) is 17.2. The first-order chi connectivity index (χ1) is 23.4. The summed E-state index contributed by atoms with van der Waals surface area (Å²) in [7, 11) is 3.19. The van der Waals surface area contributed by atoms with Crippen molar-refractivity contribution in [1.29, 1.82) is 0 Å². The van der Waals surface area contributed by atoms with Gasteiger partial charge in [-0.3, -0.25) is 4.79 Å². The lowest BCUT2D eigenvalue weighted by Crippen LogP contribution is -2.41. The van der Waals surface area contributed by atoms with E-state index in [2.05, 4.69) is 12.2 Å². The maximum absolute atomic E-state index is 15.0. The quantitative estimate of drug-likeness (QED) is 0.114. The molecule has 1 amide bonds. The minimum absolute atomic E-state index is 0.0589. The Morgan fingerprint density at radius 2 is 1.60 bits per heavy atom. The van der Waals surface area contributed by atoms with Gasteiger partial charge in [0.05, 0.1) is 51.0 Å². The molecule has 4 rings (SSSR count). The second-order valence-electron chi connectivity index (χ2n) is 12.1. The molecule has 0 spiro atoms. The zero-order valence-electron chi connectivity index (χ0n) is 29.2. The maximum atomic E-state index is 15.0. The Kier molecular flexibility index (Phi) is 14.6. The van der Waals surface area contributed by atoms with Crippen LogP contribution in [-0.4, -0.2) is 65.6 Å². The first kappa shape index (κ1) is 36.8. The lowest BCUT2D eigenvalue weighted by Gasteiger charge is -2.35. The lowest BCUT2D eigenvalue weighted by molar-refractivity contribution is -0.121. The molecule has 1 unspecified atom stereocenters. The third-order valence-corrected chi connectivity index (χ3v) is 8.86. The van der Waals surface area contributed by atoms with Crippen LogP contribution in [0.15, 0.2) is 60.7 Å². The Morgan fingerprint density at radius 3 is 2.25 bits per heavy atom. The van der Waals surface area contributed by atoms with Crippen molar-refractivity contribution in [2.45, 2.75) is 65.3 Å². The molecule has 1 aliphatic rings. The summed E-state index contributed by atoms with van der Waals surface area (Å²) in [5.41, 5.74) is 3.44. The van der Waals surface area contributed by atoms with Crippen LogP contribution in [0, 0.1) is 12.8 Å².